The molecule has 2 aromatic carbocycles. The summed E-state index contributed by atoms with van der Waals surface area (Å²) >= 11 is 4.25. The van der Waals surface area contributed by atoms with Gasteiger partial charge >= 0.3 is 12.1 Å². The Hall–Kier alpha value is -3.17. The predicted molar refractivity (Wildman–Crippen MR) is 136 cm³/mol. The Labute approximate surface area is 222 Å². The average molecular weight is 619 g/mol. The van der Waals surface area contributed by atoms with Crippen LogP contribution in [0.15, 0.2) is 62.3 Å². The number of nitrogens with zero attached hydrogens (tertiary/aromatic N) is 2. The molecule has 0 spiro atoms. The lowest BCUT2D eigenvalue weighted by Crippen LogP contribution is -2.19. The number of nitrogens with one attached hydrogen (secondary N) is 2. The van der Waals surface area contributed by atoms with Crippen molar-refractivity contribution in [2.75, 3.05) is 23.8 Å². The van der Waals surface area contributed by atoms with Crippen molar-refractivity contribution in [3.05, 3.63) is 64.5 Å². The van der Waals surface area contributed by atoms with E-state index in [1.807, 2.05) is 0 Å². The fraction of sp³-hybridized carbons (Fsp3) is 0.182. The SMILES string of the molecule is CSCOC(=O)C(=N)/C(Br)=C(\Nc1ccccc1C(F)(F)F)c1nnc(-c2cccc(S(C)(=O)=O)c2)o1. The maximum Gasteiger partial charge on any atom is 0.418 e. The number of halogens is 4. The largest absolute Gasteiger partial charge is 0.450 e. The van der Waals surface area contributed by atoms with Crippen molar-refractivity contribution in [3.63, 3.8) is 0 Å². The van der Waals surface area contributed by atoms with Crippen molar-refractivity contribution in [2.24, 2.45) is 0 Å². The molecular formula is C22H18BrF3N4O5S2. The number of carbonyl (C=O) groups excluding carboxylic acids is 1. The van der Waals surface area contributed by atoms with Gasteiger partial charge in [-0.05, 0) is 52.5 Å². The van der Waals surface area contributed by atoms with Gasteiger partial charge < -0.3 is 14.5 Å². The maximum absolute atomic E-state index is 13.6. The van der Waals surface area contributed by atoms with Gasteiger partial charge in [-0.25, -0.2) is 13.2 Å². The van der Waals surface area contributed by atoms with E-state index < -0.39 is 38.9 Å². The molecule has 15 heteroatoms. The second-order valence-corrected chi connectivity index (χ2v) is 10.9. The molecule has 196 valence electrons. The van der Waals surface area contributed by atoms with E-state index >= 15 is 0 Å². The minimum Gasteiger partial charge on any atom is -0.450 e. The van der Waals surface area contributed by atoms with Crippen LogP contribution in [0, 0.1) is 5.41 Å². The molecular weight excluding hydrogens is 601 g/mol. The molecule has 0 aliphatic heterocycles. The summed E-state index contributed by atoms with van der Waals surface area (Å²) in [5, 5.41) is 18.4. The highest BCUT2D eigenvalue weighted by Gasteiger charge is 2.34. The molecule has 0 aliphatic rings. The van der Waals surface area contributed by atoms with Gasteiger partial charge in [0.2, 0.25) is 5.89 Å². The van der Waals surface area contributed by atoms with Crippen LogP contribution in [0.5, 0.6) is 0 Å². The summed E-state index contributed by atoms with van der Waals surface area (Å²) in [4.78, 5) is 12.2. The highest BCUT2D eigenvalue weighted by atomic mass is 79.9. The zero-order valence-corrected chi connectivity index (χ0v) is 22.3. The number of esters is 1. The van der Waals surface area contributed by atoms with Crippen LogP contribution in [0.25, 0.3) is 17.2 Å². The van der Waals surface area contributed by atoms with Crippen LogP contribution in [0.1, 0.15) is 11.5 Å². The number of alkyl halides is 3. The molecule has 0 amide bonds. The molecule has 0 saturated heterocycles. The highest BCUT2D eigenvalue weighted by Crippen LogP contribution is 2.37. The average Bonchev–Trinajstić information content (AvgIpc) is 3.34. The molecule has 1 heterocycles. The minimum absolute atomic E-state index is 0.0164. The molecule has 1 aromatic heterocycles. The Kier molecular flexibility index (Phi) is 8.81. The van der Waals surface area contributed by atoms with Gasteiger partial charge in [-0.3, -0.25) is 5.41 Å². The van der Waals surface area contributed by atoms with Crippen molar-refractivity contribution in [2.45, 2.75) is 11.1 Å². The number of rotatable bonds is 9. The lowest BCUT2D eigenvalue weighted by atomic mass is 10.1. The third-order valence-corrected chi connectivity index (χ3v) is 6.85. The highest BCUT2D eigenvalue weighted by molar-refractivity contribution is 9.12. The summed E-state index contributed by atoms with van der Waals surface area (Å²) in [7, 11) is -3.55. The summed E-state index contributed by atoms with van der Waals surface area (Å²) < 4.78 is 74.8. The van der Waals surface area contributed by atoms with Crippen molar-refractivity contribution in [1.29, 1.82) is 5.41 Å². The number of hydrogen-bond acceptors (Lipinski definition) is 10. The molecule has 37 heavy (non-hydrogen) atoms. The van der Waals surface area contributed by atoms with Gasteiger partial charge in [0.05, 0.1) is 20.6 Å². The number of hydrogen-bond donors (Lipinski definition) is 2. The van der Waals surface area contributed by atoms with Gasteiger partial charge in [0.1, 0.15) is 11.6 Å². The number of benzene rings is 2. The number of thioether (sulfide) groups is 1. The Morgan fingerprint density at radius 3 is 2.54 bits per heavy atom. The number of carbonyl (C=O) groups is 1. The zero-order valence-electron chi connectivity index (χ0n) is 19.1. The second kappa shape index (κ2) is 11.5. The molecule has 0 saturated carbocycles. The molecule has 0 aliphatic carbocycles. The molecule has 0 atom stereocenters. The summed E-state index contributed by atoms with van der Waals surface area (Å²) in [5.41, 5.74) is -2.25. The van der Waals surface area contributed by atoms with Gasteiger partial charge in [-0.1, -0.05) is 18.2 Å². The van der Waals surface area contributed by atoms with Crippen molar-refractivity contribution in [3.8, 4) is 11.5 Å². The second-order valence-electron chi connectivity index (χ2n) is 7.28. The number of para-hydroxylation sites is 1. The summed E-state index contributed by atoms with van der Waals surface area (Å²) in [5.74, 6) is -1.64. The quantitative estimate of drug-likeness (QED) is 0.188. The van der Waals surface area contributed by atoms with Crippen LogP contribution in [0.3, 0.4) is 0 Å². The minimum atomic E-state index is -4.72. The zero-order chi connectivity index (χ0) is 27.4. The number of aromatic nitrogens is 2. The Morgan fingerprint density at radius 1 is 1.19 bits per heavy atom. The van der Waals surface area contributed by atoms with Crippen LogP contribution in [0.2, 0.25) is 0 Å². The van der Waals surface area contributed by atoms with Crippen LogP contribution >= 0.6 is 27.7 Å². The Balaban J connectivity index is 2.12. The lowest BCUT2D eigenvalue weighted by Gasteiger charge is -2.16. The molecule has 3 rings (SSSR count). The van der Waals surface area contributed by atoms with Gasteiger partial charge in [-0.2, -0.15) is 13.2 Å². The van der Waals surface area contributed by atoms with Gasteiger partial charge in [0.25, 0.3) is 5.89 Å². The summed E-state index contributed by atoms with van der Waals surface area (Å²) in [6, 6.07) is 10.2. The molecule has 3 aromatic rings. The van der Waals surface area contributed by atoms with Crippen LogP contribution in [0.4, 0.5) is 18.9 Å². The van der Waals surface area contributed by atoms with Gasteiger partial charge in [-0.15, -0.1) is 22.0 Å². The molecule has 0 unspecified atom stereocenters. The summed E-state index contributed by atoms with van der Waals surface area (Å²) in [6.07, 6.45) is -2.04. The Morgan fingerprint density at radius 2 is 1.89 bits per heavy atom. The normalized spacial score (nSPS) is 12.6. The van der Waals surface area contributed by atoms with E-state index in [1.54, 1.807) is 6.26 Å². The van der Waals surface area contributed by atoms with Gasteiger partial charge in [0, 0.05) is 11.8 Å². The van der Waals surface area contributed by atoms with E-state index in [1.165, 1.54) is 48.2 Å². The Bertz CT molecular complexity index is 1470. The molecule has 0 bridgehead atoms. The lowest BCUT2D eigenvalue weighted by molar-refractivity contribution is -0.137. The van der Waals surface area contributed by atoms with Crippen LogP contribution in [-0.4, -0.2) is 48.7 Å². The third-order valence-electron chi connectivity index (χ3n) is 4.59. The fourth-order valence-electron chi connectivity index (χ4n) is 2.88. The smallest absolute Gasteiger partial charge is 0.418 e. The topological polar surface area (TPSA) is 135 Å². The van der Waals surface area contributed by atoms with E-state index in [0.29, 0.717) is 0 Å². The van der Waals surface area contributed by atoms with Gasteiger partial charge in [0.15, 0.2) is 15.5 Å². The van der Waals surface area contributed by atoms with E-state index in [-0.39, 0.29) is 38.4 Å². The van der Waals surface area contributed by atoms with Crippen LogP contribution in [-0.2, 0) is 25.5 Å². The van der Waals surface area contributed by atoms with E-state index in [9.17, 15) is 26.4 Å². The van der Waals surface area contributed by atoms with Crippen molar-refractivity contribution >= 4 is 60.6 Å². The van der Waals surface area contributed by atoms with E-state index in [0.717, 1.165) is 18.4 Å². The molecule has 0 radical (unpaired) electrons. The number of anilines is 1. The maximum atomic E-state index is 13.6. The number of sulfone groups is 1. The first kappa shape index (κ1) is 28.4. The summed E-state index contributed by atoms with van der Waals surface area (Å²) in [6.45, 7) is 0. The van der Waals surface area contributed by atoms with E-state index in [2.05, 4.69) is 31.4 Å². The first-order valence-corrected chi connectivity index (χ1v) is 14.1. The molecule has 9 nitrogen and oxygen atoms in total. The van der Waals surface area contributed by atoms with Crippen molar-refractivity contribution in [1.82, 2.24) is 10.2 Å². The monoisotopic (exact) mass is 618 g/mol. The molecule has 0 fully saturated rings. The number of ether oxygens (including phenoxy) is 1. The standard InChI is InChI=1S/C22H18BrF3N4O5S2/c1-36-11-34-21(31)17(27)16(23)18(28-15-9-4-3-8-14(15)22(24,25)26)20-30-29-19(35-20)12-6-5-7-13(10-12)37(2,32)33/h3-10,27-28H,11H2,1-2H3/b18-16+,27-17?. The first-order chi connectivity index (χ1) is 17.3. The first-order valence-electron chi connectivity index (χ1n) is 10.0. The van der Waals surface area contributed by atoms with E-state index in [4.69, 9.17) is 14.6 Å². The van der Waals surface area contributed by atoms with Crippen molar-refractivity contribution < 1.29 is 35.5 Å². The molecule has 2 N–H and O–H groups in total. The van der Waals surface area contributed by atoms with Crippen LogP contribution < -0.4 is 5.32 Å². The fourth-order valence-corrected chi connectivity index (χ4v) is 4.20. The predicted octanol–water partition coefficient (Wildman–Crippen LogP) is 5.22. The third kappa shape index (κ3) is 6.99.